The lowest BCUT2D eigenvalue weighted by Gasteiger charge is -2.20. The molecule has 2 aromatic carbocycles. The fraction of sp³-hybridized carbons (Fsp3) is 0.217. The fourth-order valence-corrected chi connectivity index (χ4v) is 4.26. The molecule has 0 N–H and O–H groups in total. The Labute approximate surface area is 168 Å². The van der Waals surface area contributed by atoms with E-state index in [1.54, 1.807) is 18.4 Å². The highest BCUT2D eigenvalue weighted by Crippen LogP contribution is 2.38. The Morgan fingerprint density at radius 2 is 1.86 bits per heavy atom. The molecule has 4 nitrogen and oxygen atoms in total. The van der Waals surface area contributed by atoms with Gasteiger partial charge in [0.15, 0.2) is 11.2 Å². The van der Waals surface area contributed by atoms with Gasteiger partial charge in [0.1, 0.15) is 17.1 Å². The molecule has 0 fully saturated rings. The number of carbonyl (C=O) groups is 1. The number of ether oxygens (including phenoxy) is 1. The number of hydrogen-bond donors (Lipinski definition) is 0. The molecule has 0 radical (unpaired) electrons. The number of fused-ring (bicyclic) bond motifs is 1. The molecule has 0 saturated carbocycles. The van der Waals surface area contributed by atoms with Crippen LogP contribution in [-0.2, 0) is 5.41 Å². The second-order valence-electron chi connectivity index (χ2n) is 7.74. The Bertz CT molecular complexity index is 1150. The molecule has 0 aliphatic carbocycles. The van der Waals surface area contributed by atoms with E-state index in [9.17, 15) is 4.79 Å². The molecule has 2 aromatic heterocycles. The summed E-state index contributed by atoms with van der Waals surface area (Å²) in [6.07, 6.45) is 2.86. The third-order valence-electron chi connectivity index (χ3n) is 4.85. The number of methoxy groups -OCH3 is 1. The number of imidazole rings is 1. The van der Waals surface area contributed by atoms with E-state index in [4.69, 9.17) is 9.72 Å². The number of rotatable bonds is 4. The molecule has 2 heterocycles. The van der Waals surface area contributed by atoms with Gasteiger partial charge in [0.2, 0.25) is 0 Å². The minimum atomic E-state index is -0.0139. The van der Waals surface area contributed by atoms with Gasteiger partial charge in [-0.15, -0.1) is 0 Å². The largest absolute Gasteiger partial charge is 0.496 e. The van der Waals surface area contributed by atoms with Crippen LogP contribution in [0, 0.1) is 0 Å². The first-order valence-electron chi connectivity index (χ1n) is 9.14. The van der Waals surface area contributed by atoms with E-state index in [0.717, 1.165) is 27.3 Å². The van der Waals surface area contributed by atoms with Gasteiger partial charge in [0.25, 0.3) is 0 Å². The smallest absolute Gasteiger partial charge is 0.195 e. The Hall–Kier alpha value is -2.92. The topological polar surface area (TPSA) is 43.6 Å². The van der Waals surface area contributed by atoms with Gasteiger partial charge in [-0.3, -0.25) is 9.20 Å². The summed E-state index contributed by atoms with van der Waals surface area (Å²) in [7, 11) is 1.64. The SMILES string of the molecule is COc1ccc(C(C)(C)C)cc1-c1nc2sc(-c3ccccc3)cn2c1C=O. The lowest BCUT2D eigenvalue weighted by Crippen LogP contribution is -2.11. The lowest BCUT2D eigenvalue weighted by molar-refractivity contribution is 0.111. The maximum Gasteiger partial charge on any atom is 0.195 e. The summed E-state index contributed by atoms with van der Waals surface area (Å²) < 4.78 is 7.44. The van der Waals surface area contributed by atoms with E-state index in [2.05, 4.69) is 45.0 Å². The molecule has 0 bridgehead atoms. The molecule has 0 aliphatic rings. The van der Waals surface area contributed by atoms with Crippen LogP contribution in [0.15, 0.2) is 54.7 Å². The molecule has 0 amide bonds. The summed E-state index contributed by atoms with van der Waals surface area (Å²) in [5.74, 6) is 0.713. The molecule has 5 heteroatoms. The molecule has 0 unspecified atom stereocenters. The van der Waals surface area contributed by atoms with Crippen molar-refractivity contribution in [3.8, 4) is 27.4 Å². The molecule has 142 valence electrons. The van der Waals surface area contributed by atoms with Crippen molar-refractivity contribution in [2.24, 2.45) is 0 Å². The van der Waals surface area contributed by atoms with Crippen molar-refractivity contribution in [1.29, 1.82) is 0 Å². The van der Waals surface area contributed by atoms with Crippen LogP contribution < -0.4 is 4.74 Å². The van der Waals surface area contributed by atoms with Gasteiger partial charge in [-0.1, -0.05) is 68.5 Å². The molecule has 4 rings (SSSR count). The monoisotopic (exact) mass is 390 g/mol. The summed E-state index contributed by atoms with van der Waals surface area (Å²) in [6, 6.07) is 16.2. The van der Waals surface area contributed by atoms with E-state index in [1.165, 1.54) is 5.56 Å². The summed E-state index contributed by atoms with van der Waals surface area (Å²) in [5.41, 5.74) is 4.31. The van der Waals surface area contributed by atoms with Crippen LogP contribution in [0.3, 0.4) is 0 Å². The van der Waals surface area contributed by atoms with Crippen molar-refractivity contribution in [1.82, 2.24) is 9.38 Å². The van der Waals surface area contributed by atoms with Crippen molar-refractivity contribution in [2.75, 3.05) is 7.11 Å². The Balaban J connectivity index is 1.90. The number of nitrogens with zero attached hydrogens (tertiary/aromatic N) is 2. The second-order valence-corrected chi connectivity index (χ2v) is 8.75. The zero-order valence-corrected chi connectivity index (χ0v) is 17.2. The normalized spacial score (nSPS) is 11.7. The summed E-state index contributed by atoms with van der Waals surface area (Å²) >= 11 is 1.57. The van der Waals surface area contributed by atoms with Crippen molar-refractivity contribution in [2.45, 2.75) is 26.2 Å². The predicted octanol–water partition coefficient (Wildman–Crippen LogP) is 5.85. The van der Waals surface area contributed by atoms with E-state index >= 15 is 0 Å². The average molecular weight is 391 g/mol. The zero-order valence-electron chi connectivity index (χ0n) is 16.4. The number of aromatic nitrogens is 2. The summed E-state index contributed by atoms with van der Waals surface area (Å²) in [4.78, 5) is 18.7. The van der Waals surface area contributed by atoms with Crippen LogP contribution in [0.2, 0.25) is 0 Å². The van der Waals surface area contributed by atoms with E-state index in [1.807, 2.05) is 34.9 Å². The first-order valence-corrected chi connectivity index (χ1v) is 9.95. The standard InChI is InChI=1S/C23H22N2O2S/c1-23(2,3)16-10-11-19(27-4)17(12-16)21-18(14-26)25-13-20(28-22(25)24-21)15-8-6-5-7-9-15/h5-14H,1-4H3. The van der Waals surface area contributed by atoms with Crippen LogP contribution in [0.25, 0.3) is 26.7 Å². The van der Waals surface area contributed by atoms with Crippen LogP contribution in [0.1, 0.15) is 36.8 Å². The highest BCUT2D eigenvalue weighted by Gasteiger charge is 2.22. The molecular weight excluding hydrogens is 368 g/mol. The number of hydrogen-bond acceptors (Lipinski definition) is 4. The van der Waals surface area contributed by atoms with Crippen LogP contribution >= 0.6 is 11.3 Å². The molecule has 0 saturated heterocycles. The first-order chi connectivity index (χ1) is 13.4. The van der Waals surface area contributed by atoms with E-state index in [0.29, 0.717) is 17.1 Å². The lowest BCUT2D eigenvalue weighted by atomic mass is 9.85. The number of benzene rings is 2. The fourth-order valence-electron chi connectivity index (χ4n) is 3.27. The zero-order chi connectivity index (χ0) is 19.9. The predicted molar refractivity (Wildman–Crippen MR) is 115 cm³/mol. The molecule has 28 heavy (non-hydrogen) atoms. The quantitative estimate of drug-likeness (QED) is 0.411. The number of aldehydes is 1. The maximum absolute atomic E-state index is 12.0. The minimum absolute atomic E-state index is 0.0139. The Kier molecular flexibility index (Phi) is 4.55. The van der Waals surface area contributed by atoms with Gasteiger partial charge >= 0.3 is 0 Å². The molecule has 0 spiro atoms. The molecule has 4 aromatic rings. The van der Waals surface area contributed by atoms with Crippen molar-refractivity contribution in [3.63, 3.8) is 0 Å². The average Bonchev–Trinajstić information content (AvgIpc) is 3.25. The Morgan fingerprint density at radius 3 is 2.50 bits per heavy atom. The van der Waals surface area contributed by atoms with Gasteiger partial charge in [-0.05, 0) is 28.7 Å². The van der Waals surface area contributed by atoms with Gasteiger partial charge in [0, 0.05) is 11.8 Å². The highest BCUT2D eigenvalue weighted by molar-refractivity contribution is 7.20. The van der Waals surface area contributed by atoms with Gasteiger partial charge in [-0.25, -0.2) is 4.98 Å². The van der Waals surface area contributed by atoms with Gasteiger partial charge in [-0.2, -0.15) is 0 Å². The Morgan fingerprint density at radius 1 is 1.11 bits per heavy atom. The van der Waals surface area contributed by atoms with E-state index in [-0.39, 0.29) is 5.41 Å². The van der Waals surface area contributed by atoms with E-state index < -0.39 is 0 Å². The second kappa shape index (κ2) is 6.91. The first kappa shape index (κ1) is 18.4. The third kappa shape index (κ3) is 3.12. The van der Waals surface area contributed by atoms with Crippen molar-refractivity contribution in [3.05, 3.63) is 66.0 Å². The van der Waals surface area contributed by atoms with Crippen molar-refractivity contribution >= 4 is 22.6 Å². The van der Waals surface area contributed by atoms with Gasteiger partial charge in [0.05, 0.1) is 12.0 Å². The van der Waals surface area contributed by atoms with Crippen molar-refractivity contribution < 1.29 is 9.53 Å². The van der Waals surface area contributed by atoms with Crippen LogP contribution in [-0.4, -0.2) is 22.8 Å². The summed E-state index contributed by atoms with van der Waals surface area (Å²) in [5, 5.41) is 0. The third-order valence-corrected chi connectivity index (χ3v) is 5.89. The highest BCUT2D eigenvalue weighted by atomic mass is 32.1. The molecule has 0 atom stereocenters. The van der Waals surface area contributed by atoms with Crippen LogP contribution in [0.5, 0.6) is 5.75 Å². The molecular formula is C23H22N2O2S. The minimum Gasteiger partial charge on any atom is -0.496 e. The summed E-state index contributed by atoms with van der Waals surface area (Å²) in [6.45, 7) is 6.49. The van der Waals surface area contributed by atoms with Crippen LogP contribution in [0.4, 0.5) is 0 Å². The maximum atomic E-state index is 12.0. The number of thiazole rings is 1. The number of carbonyl (C=O) groups excluding carboxylic acids is 1. The molecule has 0 aliphatic heterocycles. The van der Waals surface area contributed by atoms with Gasteiger partial charge < -0.3 is 4.74 Å².